The molecule has 0 radical (unpaired) electrons. The molecule has 6 nitrogen and oxygen atoms in total. The van der Waals surface area contributed by atoms with Crippen LogP contribution in [0, 0.1) is 0 Å². The van der Waals surface area contributed by atoms with Crippen LogP contribution in [-0.4, -0.2) is 41.0 Å². The van der Waals surface area contributed by atoms with Gasteiger partial charge in [0.1, 0.15) is 4.90 Å². The molecule has 0 bridgehead atoms. The minimum atomic E-state index is -3.42. The van der Waals surface area contributed by atoms with E-state index in [1.54, 1.807) is 17.5 Å². The van der Waals surface area contributed by atoms with E-state index < -0.39 is 10.0 Å². The Labute approximate surface area is 121 Å². The van der Waals surface area contributed by atoms with E-state index in [4.69, 9.17) is 0 Å². The molecule has 8 heteroatoms. The first-order valence-corrected chi connectivity index (χ1v) is 8.73. The largest absolute Gasteiger partial charge is 0.284 e. The molecule has 1 N–H and O–H groups in total. The van der Waals surface area contributed by atoms with Crippen LogP contribution in [0.3, 0.4) is 0 Å². The van der Waals surface area contributed by atoms with Gasteiger partial charge in [-0.3, -0.25) is 5.10 Å². The molecule has 1 saturated heterocycles. The summed E-state index contributed by atoms with van der Waals surface area (Å²) in [6.07, 6.45) is 6.16. The second-order valence-electron chi connectivity index (χ2n) is 5.24. The summed E-state index contributed by atoms with van der Waals surface area (Å²) in [5.74, 6) is 0. The highest BCUT2D eigenvalue weighted by atomic mass is 32.2. The first kappa shape index (κ1) is 13.7. The lowest BCUT2D eigenvalue weighted by Gasteiger charge is -2.37. The van der Waals surface area contributed by atoms with Crippen molar-refractivity contribution in [2.75, 3.05) is 13.1 Å². The van der Waals surface area contributed by atoms with Gasteiger partial charge in [-0.05, 0) is 12.8 Å². The third-order valence-electron chi connectivity index (χ3n) is 3.89. The lowest BCUT2D eigenvalue weighted by atomic mass is 9.82. The van der Waals surface area contributed by atoms with Gasteiger partial charge in [-0.25, -0.2) is 13.4 Å². The van der Waals surface area contributed by atoms with Gasteiger partial charge in [0.2, 0.25) is 10.0 Å². The van der Waals surface area contributed by atoms with Crippen molar-refractivity contribution in [3.63, 3.8) is 0 Å². The summed E-state index contributed by atoms with van der Waals surface area (Å²) in [7, 11) is -3.42. The fraction of sp³-hybridized carbons (Fsp3) is 0.500. The second kappa shape index (κ2) is 4.94. The van der Waals surface area contributed by atoms with E-state index >= 15 is 0 Å². The number of sulfonamides is 1. The highest BCUT2D eigenvalue weighted by Gasteiger charge is 2.38. The van der Waals surface area contributed by atoms with E-state index in [1.807, 2.05) is 5.38 Å². The number of rotatable bonds is 3. The van der Waals surface area contributed by atoms with E-state index in [1.165, 1.54) is 16.7 Å². The number of hydrogen-bond donors (Lipinski definition) is 1. The molecule has 108 valence electrons. The fourth-order valence-corrected chi connectivity index (χ4v) is 4.69. The van der Waals surface area contributed by atoms with Crippen LogP contribution in [0.25, 0.3) is 0 Å². The van der Waals surface area contributed by atoms with Crippen molar-refractivity contribution < 1.29 is 8.42 Å². The molecule has 0 aromatic carbocycles. The van der Waals surface area contributed by atoms with Crippen molar-refractivity contribution in [1.29, 1.82) is 0 Å². The van der Waals surface area contributed by atoms with Gasteiger partial charge in [0, 0.05) is 36.3 Å². The summed E-state index contributed by atoms with van der Waals surface area (Å²) in [6, 6.07) is 0. The molecule has 1 aliphatic heterocycles. The number of piperidine rings is 1. The standard InChI is InChI=1S/C12H16N4O2S2/c1-12(11-13-4-7-19-11)2-5-16(6-3-12)20(17,18)10-8-14-15-9-10/h4,7-9H,2-3,5-6H2,1H3,(H,14,15). The van der Waals surface area contributed by atoms with Crippen LogP contribution in [0.15, 0.2) is 28.9 Å². The Balaban J connectivity index is 1.76. The number of nitrogens with one attached hydrogen (secondary N) is 1. The molecule has 2 aromatic heterocycles. The molecular weight excluding hydrogens is 296 g/mol. The zero-order valence-electron chi connectivity index (χ0n) is 11.1. The molecule has 3 rings (SSSR count). The summed E-state index contributed by atoms with van der Waals surface area (Å²) >= 11 is 1.64. The monoisotopic (exact) mass is 312 g/mol. The number of aromatic nitrogens is 3. The van der Waals surface area contributed by atoms with Crippen molar-refractivity contribution in [2.24, 2.45) is 0 Å². The van der Waals surface area contributed by atoms with Crippen LogP contribution in [0.1, 0.15) is 24.8 Å². The molecule has 1 aliphatic rings. The summed E-state index contributed by atoms with van der Waals surface area (Å²) in [6.45, 7) is 3.20. The van der Waals surface area contributed by atoms with E-state index in [9.17, 15) is 8.42 Å². The second-order valence-corrected chi connectivity index (χ2v) is 8.07. The summed E-state index contributed by atoms with van der Waals surface area (Å²) in [5.41, 5.74) is -0.0173. The van der Waals surface area contributed by atoms with Crippen LogP contribution in [0.5, 0.6) is 0 Å². The highest BCUT2D eigenvalue weighted by Crippen LogP contribution is 2.37. The Bertz CT molecular complexity index is 656. The maximum Gasteiger partial charge on any atom is 0.246 e. The molecule has 2 aromatic rings. The minimum Gasteiger partial charge on any atom is -0.284 e. The quantitative estimate of drug-likeness (QED) is 0.934. The highest BCUT2D eigenvalue weighted by molar-refractivity contribution is 7.89. The normalized spacial score (nSPS) is 20.1. The van der Waals surface area contributed by atoms with Gasteiger partial charge in [0.25, 0.3) is 0 Å². The third-order valence-corrected chi connectivity index (χ3v) is 6.83. The third kappa shape index (κ3) is 2.27. The van der Waals surface area contributed by atoms with E-state index in [0.717, 1.165) is 17.8 Å². The van der Waals surface area contributed by atoms with Crippen LogP contribution >= 0.6 is 11.3 Å². The summed E-state index contributed by atoms with van der Waals surface area (Å²) < 4.78 is 26.3. The predicted octanol–water partition coefficient (Wildman–Crippen LogP) is 1.61. The molecule has 0 aliphatic carbocycles. The maximum absolute atomic E-state index is 12.4. The molecule has 0 saturated carbocycles. The molecule has 0 unspecified atom stereocenters. The molecule has 0 amide bonds. The Hall–Kier alpha value is -1.25. The Morgan fingerprint density at radius 2 is 2.15 bits per heavy atom. The molecule has 0 spiro atoms. The zero-order chi connectivity index (χ0) is 14.2. The van der Waals surface area contributed by atoms with Gasteiger partial charge in [-0.2, -0.15) is 9.40 Å². The van der Waals surface area contributed by atoms with Crippen molar-refractivity contribution in [3.05, 3.63) is 29.0 Å². The minimum absolute atomic E-state index is 0.0173. The SMILES string of the molecule is CC1(c2nccs2)CCN(S(=O)(=O)c2cn[nH]c2)CC1. The van der Waals surface area contributed by atoms with Gasteiger partial charge in [0.15, 0.2) is 0 Å². The molecule has 20 heavy (non-hydrogen) atoms. The number of hydrogen-bond acceptors (Lipinski definition) is 5. The number of H-pyrrole nitrogens is 1. The summed E-state index contributed by atoms with van der Waals surface area (Å²) in [4.78, 5) is 4.62. The lowest BCUT2D eigenvalue weighted by molar-refractivity contribution is 0.248. The van der Waals surface area contributed by atoms with Crippen LogP contribution < -0.4 is 0 Å². The topological polar surface area (TPSA) is 79.0 Å². The summed E-state index contributed by atoms with van der Waals surface area (Å²) in [5, 5.41) is 9.33. The Morgan fingerprint density at radius 3 is 2.70 bits per heavy atom. The number of aromatic amines is 1. The first-order valence-electron chi connectivity index (χ1n) is 6.41. The smallest absolute Gasteiger partial charge is 0.246 e. The van der Waals surface area contributed by atoms with Gasteiger partial charge < -0.3 is 0 Å². The van der Waals surface area contributed by atoms with Crippen molar-refractivity contribution in [1.82, 2.24) is 19.5 Å². The fourth-order valence-electron chi connectivity index (χ4n) is 2.48. The van der Waals surface area contributed by atoms with Crippen LogP contribution in [0.2, 0.25) is 0 Å². The number of thiazole rings is 1. The maximum atomic E-state index is 12.4. The first-order chi connectivity index (χ1) is 9.52. The van der Waals surface area contributed by atoms with Crippen LogP contribution in [0.4, 0.5) is 0 Å². The molecule has 1 fully saturated rings. The average Bonchev–Trinajstić information content (AvgIpc) is 3.13. The van der Waals surface area contributed by atoms with Crippen LogP contribution in [-0.2, 0) is 15.4 Å². The van der Waals surface area contributed by atoms with Crippen molar-refractivity contribution in [3.8, 4) is 0 Å². The van der Waals surface area contributed by atoms with Gasteiger partial charge in [-0.15, -0.1) is 11.3 Å². The molecular formula is C12H16N4O2S2. The van der Waals surface area contributed by atoms with E-state index in [0.29, 0.717) is 13.1 Å². The Kier molecular flexibility index (Phi) is 3.39. The predicted molar refractivity (Wildman–Crippen MR) is 76.0 cm³/mol. The van der Waals surface area contributed by atoms with Gasteiger partial charge >= 0.3 is 0 Å². The van der Waals surface area contributed by atoms with E-state index in [-0.39, 0.29) is 10.3 Å². The number of nitrogens with zero attached hydrogens (tertiary/aromatic N) is 3. The van der Waals surface area contributed by atoms with Gasteiger partial charge in [-0.1, -0.05) is 6.92 Å². The zero-order valence-corrected chi connectivity index (χ0v) is 12.7. The lowest BCUT2D eigenvalue weighted by Crippen LogP contribution is -2.43. The molecule has 0 atom stereocenters. The van der Waals surface area contributed by atoms with Gasteiger partial charge in [0.05, 0.1) is 11.2 Å². The average molecular weight is 312 g/mol. The molecule has 3 heterocycles. The Morgan fingerprint density at radius 1 is 1.40 bits per heavy atom. The van der Waals surface area contributed by atoms with Crippen molar-refractivity contribution >= 4 is 21.4 Å². The van der Waals surface area contributed by atoms with Crippen molar-refractivity contribution in [2.45, 2.75) is 30.1 Å². The van der Waals surface area contributed by atoms with E-state index in [2.05, 4.69) is 22.1 Å².